The first kappa shape index (κ1) is 22.7. The molecule has 2 rings (SSSR count). The van der Waals surface area contributed by atoms with E-state index in [-0.39, 0.29) is 34.8 Å². The van der Waals surface area contributed by atoms with Crippen molar-refractivity contribution in [1.82, 2.24) is 5.32 Å². The van der Waals surface area contributed by atoms with E-state index in [4.69, 9.17) is 0 Å². The van der Waals surface area contributed by atoms with Crippen LogP contribution in [0.4, 0.5) is 17.6 Å². The molecular weight excluding hydrogens is 390 g/mol. The zero-order chi connectivity index (χ0) is 21.8. The second-order valence-corrected chi connectivity index (χ2v) is 7.13. The Labute approximate surface area is 166 Å². The van der Waals surface area contributed by atoms with Gasteiger partial charge in [0.25, 0.3) is 0 Å². The molecule has 8 heteroatoms. The number of methoxy groups -OCH3 is 1. The molecule has 0 radical (unpaired) electrons. The molecule has 2 aromatic carbocycles. The number of halogens is 4. The highest BCUT2D eigenvalue weighted by molar-refractivity contribution is 5.76. The molecule has 0 aliphatic carbocycles. The number of benzene rings is 2. The molecule has 0 saturated carbocycles. The van der Waals surface area contributed by atoms with Gasteiger partial charge in [0.1, 0.15) is 23.7 Å². The molecule has 0 heterocycles. The average Bonchev–Trinajstić information content (AvgIpc) is 2.63. The normalized spacial score (nSPS) is 13.9. The van der Waals surface area contributed by atoms with Crippen LogP contribution in [0.1, 0.15) is 31.9 Å². The van der Waals surface area contributed by atoms with Gasteiger partial charge in [-0.1, -0.05) is 32.0 Å². The van der Waals surface area contributed by atoms with Gasteiger partial charge in [-0.05, 0) is 41.7 Å². The number of hydrogen-bond acceptors (Lipinski definition) is 4. The molecule has 0 spiro atoms. The Balaban J connectivity index is 2.44. The van der Waals surface area contributed by atoms with E-state index in [1.165, 1.54) is 30.3 Å². The second-order valence-electron chi connectivity index (χ2n) is 7.13. The standard InChI is InChI=1S/C21H23F4NO3/c1-12(2)9-17(20(28)29-3)26-19(21(23,24)25)14-6-4-5-13(10-14)16-8-7-15(22)11-18(16)27/h4-8,10-12,17,19,26-27H,9H2,1-3H3/t17-,19?/m0/s1. The van der Waals surface area contributed by atoms with Crippen LogP contribution in [0.2, 0.25) is 0 Å². The van der Waals surface area contributed by atoms with Crippen molar-refractivity contribution in [2.45, 2.75) is 38.5 Å². The van der Waals surface area contributed by atoms with E-state index in [0.717, 1.165) is 19.2 Å². The Hall–Kier alpha value is -2.61. The van der Waals surface area contributed by atoms with Gasteiger partial charge in [0.15, 0.2) is 0 Å². The van der Waals surface area contributed by atoms with E-state index in [9.17, 15) is 27.5 Å². The van der Waals surface area contributed by atoms with Crippen LogP contribution in [0.5, 0.6) is 5.75 Å². The molecule has 0 aromatic heterocycles. The highest BCUT2D eigenvalue weighted by Crippen LogP contribution is 2.37. The summed E-state index contributed by atoms with van der Waals surface area (Å²) in [5.41, 5.74) is 0.340. The van der Waals surface area contributed by atoms with E-state index in [2.05, 4.69) is 10.1 Å². The minimum atomic E-state index is -4.69. The topological polar surface area (TPSA) is 58.6 Å². The molecule has 2 N–H and O–H groups in total. The van der Waals surface area contributed by atoms with E-state index < -0.39 is 30.0 Å². The van der Waals surface area contributed by atoms with Crippen molar-refractivity contribution in [3.63, 3.8) is 0 Å². The fourth-order valence-corrected chi connectivity index (χ4v) is 3.06. The van der Waals surface area contributed by atoms with Gasteiger partial charge < -0.3 is 9.84 Å². The van der Waals surface area contributed by atoms with Gasteiger partial charge in [0.2, 0.25) is 0 Å². The average molecular weight is 413 g/mol. The van der Waals surface area contributed by atoms with Gasteiger partial charge >= 0.3 is 12.1 Å². The number of phenols is 1. The van der Waals surface area contributed by atoms with Crippen LogP contribution < -0.4 is 5.32 Å². The van der Waals surface area contributed by atoms with Gasteiger partial charge in [-0.25, -0.2) is 4.39 Å². The minimum absolute atomic E-state index is 0.0389. The van der Waals surface area contributed by atoms with E-state index >= 15 is 0 Å². The summed E-state index contributed by atoms with van der Waals surface area (Å²) in [6.45, 7) is 3.58. The molecule has 0 aliphatic rings. The summed E-state index contributed by atoms with van der Waals surface area (Å²) in [4.78, 5) is 12.0. The molecule has 0 aliphatic heterocycles. The summed E-state index contributed by atoms with van der Waals surface area (Å²) in [5, 5.41) is 12.3. The van der Waals surface area contributed by atoms with Crippen LogP contribution >= 0.6 is 0 Å². The van der Waals surface area contributed by atoms with Crippen molar-refractivity contribution in [2.24, 2.45) is 5.92 Å². The van der Waals surface area contributed by atoms with Gasteiger partial charge in [0.05, 0.1) is 7.11 Å². The number of carbonyl (C=O) groups is 1. The predicted octanol–water partition coefficient (Wildman–Crippen LogP) is 4.98. The first-order chi connectivity index (χ1) is 13.5. The molecule has 29 heavy (non-hydrogen) atoms. The quantitative estimate of drug-likeness (QED) is 0.497. The molecule has 0 amide bonds. The summed E-state index contributed by atoms with van der Waals surface area (Å²) in [5.74, 6) is -1.86. The van der Waals surface area contributed by atoms with Crippen molar-refractivity contribution in [2.75, 3.05) is 7.11 Å². The molecule has 1 unspecified atom stereocenters. The number of hydrogen-bond donors (Lipinski definition) is 2. The number of ether oxygens (including phenoxy) is 1. The molecule has 2 aromatic rings. The van der Waals surface area contributed by atoms with E-state index in [0.29, 0.717) is 0 Å². The lowest BCUT2D eigenvalue weighted by atomic mass is 9.96. The van der Waals surface area contributed by atoms with Crippen LogP contribution in [0, 0.1) is 11.7 Å². The van der Waals surface area contributed by atoms with E-state index in [1.807, 2.05) is 0 Å². The molecule has 158 valence electrons. The summed E-state index contributed by atoms with van der Waals surface area (Å²) < 4.78 is 59.3. The molecule has 2 atom stereocenters. The first-order valence-corrected chi connectivity index (χ1v) is 9.02. The van der Waals surface area contributed by atoms with Crippen molar-refractivity contribution in [3.05, 3.63) is 53.8 Å². The van der Waals surface area contributed by atoms with Crippen molar-refractivity contribution in [3.8, 4) is 16.9 Å². The van der Waals surface area contributed by atoms with Crippen LogP contribution in [0.3, 0.4) is 0 Å². The fraction of sp³-hybridized carbons (Fsp3) is 0.381. The summed E-state index contributed by atoms with van der Waals surface area (Å²) >= 11 is 0. The number of alkyl halides is 3. The Morgan fingerprint density at radius 3 is 2.41 bits per heavy atom. The number of carbonyl (C=O) groups excluding carboxylic acids is 1. The lowest BCUT2D eigenvalue weighted by molar-refractivity contribution is -0.164. The summed E-state index contributed by atoms with van der Waals surface area (Å²) in [6.07, 6.45) is -4.52. The fourth-order valence-electron chi connectivity index (χ4n) is 3.06. The third-order valence-electron chi connectivity index (χ3n) is 4.38. The highest BCUT2D eigenvalue weighted by Gasteiger charge is 2.43. The van der Waals surface area contributed by atoms with Crippen LogP contribution in [-0.4, -0.2) is 30.4 Å². The monoisotopic (exact) mass is 413 g/mol. The maximum atomic E-state index is 13.8. The van der Waals surface area contributed by atoms with Gasteiger partial charge in [-0.15, -0.1) is 0 Å². The minimum Gasteiger partial charge on any atom is -0.507 e. The Bertz CT molecular complexity index is 852. The summed E-state index contributed by atoms with van der Waals surface area (Å²) in [7, 11) is 1.12. The van der Waals surface area contributed by atoms with Crippen LogP contribution in [0.15, 0.2) is 42.5 Å². The van der Waals surface area contributed by atoms with Gasteiger partial charge in [-0.2, -0.15) is 13.2 Å². The lowest BCUT2D eigenvalue weighted by Gasteiger charge is -2.27. The largest absolute Gasteiger partial charge is 0.507 e. The van der Waals surface area contributed by atoms with Gasteiger partial charge in [-0.3, -0.25) is 10.1 Å². The van der Waals surface area contributed by atoms with Gasteiger partial charge in [0, 0.05) is 11.6 Å². The lowest BCUT2D eigenvalue weighted by Crippen LogP contribution is -2.45. The third-order valence-corrected chi connectivity index (χ3v) is 4.38. The second kappa shape index (κ2) is 9.26. The smallest absolute Gasteiger partial charge is 0.407 e. The SMILES string of the molecule is COC(=O)[C@H](CC(C)C)NC(c1cccc(-c2ccc(F)cc2O)c1)C(F)(F)F. The van der Waals surface area contributed by atoms with E-state index in [1.54, 1.807) is 13.8 Å². The summed E-state index contributed by atoms with van der Waals surface area (Å²) in [6, 6.07) is 5.45. The van der Waals surface area contributed by atoms with Crippen LogP contribution in [0.25, 0.3) is 11.1 Å². The maximum Gasteiger partial charge on any atom is 0.407 e. The van der Waals surface area contributed by atoms with Crippen LogP contribution in [-0.2, 0) is 9.53 Å². The molecule has 0 fully saturated rings. The molecule has 0 bridgehead atoms. The highest BCUT2D eigenvalue weighted by atomic mass is 19.4. The predicted molar refractivity (Wildman–Crippen MR) is 101 cm³/mol. The molecule has 0 saturated heterocycles. The van der Waals surface area contributed by atoms with Crippen molar-refractivity contribution >= 4 is 5.97 Å². The van der Waals surface area contributed by atoms with Crippen molar-refractivity contribution in [1.29, 1.82) is 0 Å². The zero-order valence-electron chi connectivity index (χ0n) is 16.3. The first-order valence-electron chi connectivity index (χ1n) is 9.02. The number of rotatable bonds is 7. The number of phenolic OH excluding ortho intramolecular Hbond substituents is 1. The maximum absolute atomic E-state index is 13.8. The molecule has 4 nitrogen and oxygen atoms in total. The third kappa shape index (κ3) is 5.93. The van der Waals surface area contributed by atoms with Crippen molar-refractivity contribution < 1.29 is 32.2 Å². The Morgan fingerprint density at radius 1 is 1.17 bits per heavy atom. The number of aromatic hydroxyl groups is 1. The Morgan fingerprint density at radius 2 is 1.86 bits per heavy atom. The Kier molecular flexibility index (Phi) is 7.24. The number of nitrogens with one attached hydrogen (secondary N) is 1. The molecular formula is C21H23F4NO3. The zero-order valence-corrected chi connectivity index (χ0v) is 16.3. The number of esters is 1.